The van der Waals surface area contributed by atoms with Crippen molar-refractivity contribution >= 4 is 17.7 Å². The second-order valence-corrected chi connectivity index (χ2v) is 4.35. The van der Waals surface area contributed by atoms with Crippen molar-refractivity contribution in [2.24, 2.45) is 0 Å². The molecule has 2 rings (SSSR count). The summed E-state index contributed by atoms with van der Waals surface area (Å²) < 4.78 is 0. The van der Waals surface area contributed by atoms with E-state index in [-0.39, 0.29) is 0 Å². The summed E-state index contributed by atoms with van der Waals surface area (Å²) >= 11 is 1.68. The third-order valence-electron chi connectivity index (χ3n) is 2.67. The van der Waals surface area contributed by atoms with Crippen LogP contribution in [0.4, 0.5) is 0 Å². The highest BCUT2D eigenvalue weighted by molar-refractivity contribution is 7.98. The van der Waals surface area contributed by atoms with E-state index < -0.39 is 12.0 Å². The van der Waals surface area contributed by atoms with Gasteiger partial charge in [0.25, 0.3) is 0 Å². The molecule has 1 aromatic rings. The molecular formula is C11H13NO2S. The molecule has 1 unspecified atom stereocenters. The number of fused-ring (bicyclic) bond motifs is 1. The number of hydrogen-bond donors (Lipinski definition) is 2. The Labute approximate surface area is 92.9 Å². The summed E-state index contributed by atoms with van der Waals surface area (Å²) in [6.45, 7) is 0.738. The maximum atomic E-state index is 11.0. The van der Waals surface area contributed by atoms with Crippen LogP contribution in [0.25, 0.3) is 0 Å². The molecule has 1 atom stereocenters. The molecule has 0 saturated heterocycles. The van der Waals surface area contributed by atoms with Crippen molar-refractivity contribution in [1.82, 2.24) is 5.32 Å². The van der Waals surface area contributed by atoms with Crippen LogP contribution in [-0.2, 0) is 11.2 Å². The molecule has 1 aliphatic rings. The van der Waals surface area contributed by atoms with E-state index in [1.54, 1.807) is 11.8 Å². The van der Waals surface area contributed by atoms with Crippen molar-refractivity contribution in [2.45, 2.75) is 17.4 Å². The fourth-order valence-electron chi connectivity index (χ4n) is 1.98. The lowest BCUT2D eigenvalue weighted by atomic mass is 9.94. The molecule has 0 spiro atoms. The van der Waals surface area contributed by atoms with Gasteiger partial charge in [-0.1, -0.05) is 12.1 Å². The average Bonchev–Trinajstić information content (AvgIpc) is 2.27. The Morgan fingerprint density at radius 2 is 2.40 bits per heavy atom. The quantitative estimate of drug-likeness (QED) is 0.749. The van der Waals surface area contributed by atoms with Gasteiger partial charge in [0.1, 0.15) is 6.04 Å². The van der Waals surface area contributed by atoms with Gasteiger partial charge in [-0.15, -0.1) is 11.8 Å². The number of carboxylic acid groups (broad SMARTS) is 1. The van der Waals surface area contributed by atoms with E-state index in [0.29, 0.717) is 0 Å². The zero-order valence-corrected chi connectivity index (χ0v) is 9.30. The van der Waals surface area contributed by atoms with E-state index in [1.165, 1.54) is 10.5 Å². The number of thioether (sulfide) groups is 1. The highest BCUT2D eigenvalue weighted by atomic mass is 32.2. The van der Waals surface area contributed by atoms with Gasteiger partial charge in [0, 0.05) is 11.4 Å². The molecule has 2 N–H and O–H groups in total. The normalized spacial score (nSPS) is 19.7. The highest BCUT2D eigenvalue weighted by Crippen LogP contribution is 2.30. The average molecular weight is 223 g/mol. The van der Waals surface area contributed by atoms with Crippen LogP contribution in [0.5, 0.6) is 0 Å². The van der Waals surface area contributed by atoms with Gasteiger partial charge in [-0.05, 0) is 29.9 Å². The number of nitrogens with one attached hydrogen (secondary N) is 1. The molecule has 4 heteroatoms. The Balaban J connectivity index is 2.48. The Morgan fingerprint density at radius 3 is 3.07 bits per heavy atom. The monoisotopic (exact) mass is 223 g/mol. The third-order valence-corrected chi connectivity index (χ3v) is 3.49. The van der Waals surface area contributed by atoms with Gasteiger partial charge in [0.05, 0.1) is 0 Å². The molecule has 1 aliphatic heterocycles. The van der Waals surface area contributed by atoms with Gasteiger partial charge in [-0.3, -0.25) is 4.79 Å². The minimum absolute atomic E-state index is 0.541. The summed E-state index contributed by atoms with van der Waals surface area (Å²) in [6, 6.07) is 5.34. The second-order valence-electron chi connectivity index (χ2n) is 3.50. The zero-order chi connectivity index (χ0) is 10.8. The summed E-state index contributed by atoms with van der Waals surface area (Å²) in [5.41, 5.74) is 2.11. The van der Waals surface area contributed by atoms with Crippen LogP contribution in [0.3, 0.4) is 0 Å². The molecule has 0 saturated carbocycles. The standard InChI is InChI=1S/C11H13NO2S/c1-15-9-4-2-3-8-7(9)5-6-12-10(8)11(13)14/h2-4,10,12H,5-6H2,1H3,(H,13,14). The van der Waals surface area contributed by atoms with Gasteiger partial charge in [-0.2, -0.15) is 0 Å². The van der Waals surface area contributed by atoms with Crippen LogP contribution < -0.4 is 5.32 Å². The molecule has 0 aromatic heterocycles. The van der Waals surface area contributed by atoms with Crippen molar-refractivity contribution in [3.63, 3.8) is 0 Å². The third kappa shape index (κ3) is 1.87. The van der Waals surface area contributed by atoms with Crippen LogP contribution in [0, 0.1) is 0 Å². The first-order valence-electron chi connectivity index (χ1n) is 4.86. The van der Waals surface area contributed by atoms with Crippen LogP contribution in [0.1, 0.15) is 17.2 Å². The van der Waals surface area contributed by atoms with Crippen LogP contribution in [-0.4, -0.2) is 23.9 Å². The SMILES string of the molecule is CSc1cccc2c1CCNC2C(=O)O. The number of carboxylic acids is 1. The van der Waals surface area contributed by atoms with E-state index in [0.717, 1.165) is 18.5 Å². The largest absolute Gasteiger partial charge is 0.480 e. The molecule has 0 aliphatic carbocycles. The van der Waals surface area contributed by atoms with Gasteiger partial charge in [0.2, 0.25) is 0 Å². The topological polar surface area (TPSA) is 49.3 Å². The van der Waals surface area contributed by atoms with E-state index in [1.807, 2.05) is 24.5 Å². The predicted octanol–water partition coefficient (Wildman–Crippen LogP) is 1.68. The van der Waals surface area contributed by atoms with E-state index in [9.17, 15) is 4.79 Å². The Bertz CT molecular complexity index is 392. The minimum atomic E-state index is -0.797. The molecule has 3 nitrogen and oxygen atoms in total. The Kier molecular flexibility index (Phi) is 2.98. The van der Waals surface area contributed by atoms with Crippen LogP contribution >= 0.6 is 11.8 Å². The fourth-order valence-corrected chi connectivity index (χ4v) is 2.66. The molecule has 0 amide bonds. The van der Waals surface area contributed by atoms with Crippen LogP contribution in [0.15, 0.2) is 23.1 Å². The first-order valence-corrected chi connectivity index (χ1v) is 6.08. The first-order chi connectivity index (χ1) is 7.24. The molecular weight excluding hydrogens is 210 g/mol. The Hall–Kier alpha value is -1.00. The molecule has 0 radical (unpaired) electrons. The summed E-state index contributed by atoms with van der Waals surface area (Å²) in [4.78, 5) is 12.2. The van der Waals surface area contributed by atoms with Crippen molar-refractivity contribution in [3.05, 3.63) is 29.3 Å². The van der Waals surface area contributed by atoms with Gasteiger partial charge in [0.15, 0.2) is 0 Å². The summed E-state index contributed by atoms with van der Waals surface area (Å²) in [7, 11) is 0. The number of rotatable bonds is 2. The minimum Gasteiger partial charge on any atom is -0.480 e. The van der Waals surface area contributed by atoms with Crippen molar-refractivity contribution in [3.8, 4) is 0 Å². The van der Waals surface area contributed by atoms with Gasteiger partial charge < -0.3 is 10.4 Å². The maximum Gasteiger partial charge on any atom is 0.325 e. The predicted molar refractivity (Wildman–Crippen MR) is 60.3 cm³/mol. The van der Waals surface area contributed by atoms with Gasteiger partial charge >= 0.3 is 5.97 Å². The van der Waals surface area contributed by atoms with E-state index >= 15 is 0 Å². The summed E-state index contributed by atoms with van der Waals surface area (Å²) in [6.07, 6.45) is 2.93. The molecule has 80 valence electrons. The van der Waals surface area contributed by atoms with E-state index in [4.69, 9.17) is 5.11 Å². The molecule has 0 fully saturated rings. The zero-order valence-electron chi connectivity index (χ0n) is 8.49. The fraction of sp³-hybridized carbons (Fsp3) is 0.364. The number of carbonyl (C=O) groups is 1. The van der Waals surface area contributed by atoms with E-state index in [2.05, 4.69) is 5.32 Å². The number of aliphatic carboxylic acids is 1. The summed E-state index contributed by atoms with van der Waals surface area (Å²) in [5.74, 6) is -0.797. The van der Waals surface area contributed by atoms with Crippen molar-refractivity contribution in [2.75, 3.05) is 12.8 Å². The summed E-state index contributed by atoms with van der Waals surface area (Å²) in [5, 5.41) is 12.1. The molecule has 15 heavy (non-hydrogen) atoms. The second kappa shape index (κ2) is 4.24. The first kappa shape index (κ1) is 10.5. The molecule has 0 bridgehead atoms. The highest BCUT2D eigenvalue weighted by Gasteiger charge is 2.26. The number of hydrogen-bond acceptors (Lipinski definition) is 3. The Morgan fingerprint density at radius 1 is 1.60 bits per heavy atom. The molecule has 1 heterocycles. The van der Waals surface area contributed by atoms with Crippen molar-refractivity contribution in [1.29, 1.82) is 0 Å². The van der Waals surface area contributed by atoms with Gasteiger partial charge in [-0.25, -0.2) is 0 Å². The van der Waals surface area contributed by atoms with Crippen LogP contribution in [0.2, 0.25) is 0 Å². The number of benzene rings is 1. The molecule has 1 aromatic carbocycles. The van der Waals surface area contributed by atoms with Crippen molar-refractivity contribution < 1.29 is 9.90 Å². The lowest BCUT2D eigenvalue weighted by Gasteiger charge is -2.25. The lowest BCUT2D eigenvalue weighted by molar-refractivity contribution is -0.139. The maximum absolute atomic E-state index is 11.0. The smallest absolute Gasteiger partial charge is 0.325 e. The lowest BCUT2D eigenvalue weighted by Crippen LogP contribution is -2.35.